The Hall–Kier alpha value is -0.120. The van der Waals surface area contributed by atoms with Gasteiger partial charge in [0.2, 0.25) is 0 Å². The first kappa shape index (κ1) is 13.9. The lowest BCUT2D eigenvalue weighted by molar-refractivity contribution is 0.0804. The molecule has 16 heavy (non-hydrogen) atoms. The normalized spacial score (nSPS) is 22.9. The highest BCUT2D eigenvalue weighted by Crippen LogP contribution is 2.14. The fourth-order valence-electron chi connectivity index (χ4n) is 2.16. The number of likely N-dealkylation sites (tertiary alicyclic amines) is 1. The third-order valence-electron chi connectivity index (χ3n) is 3.33. The van der Waals surface area contributed by atoms with Crippen LogP contribution in [-0.2, 0) is 4.74 Å². The van der Waals surface area contributed by atoms with Gasteiger partial charge in [0.1, 0.15) is 0 Å². The Labute approximate surface area is 100 Å². The molecule has 1 aliphatic heterocycles. The molecule has 1 rings (SSSR count). The SMILES string of the molecule is CC(C)CCOCCN1CCCC(CN)C1. The average Bonchev–Trinajstić information content (AvgIpc) is 2.28. The lowest BCUT2D eigenvalue weighted by atomic mass is 9.98. The van der Waals surface area contributed by atoms with Crippen molar-refractivity contribution in [2.24, 2.45) is 17.6 Å². The second kappa shape index (κ2) is 8.04. The summed E-state index contributed by atoms with van der Waals surface area (Å²) in [7, 11) is 0. The summed E-state index contributed by atoms with van der Waals surface area (Å²) >= 11 is 0. The lowest BCUT2D eigenvalue weighted by Crippen LogP contribution is -2.40. The van der Waals surface area contributed by atoms with E-state index in [1.165, 1.54) is 32.4 Å². The summed E-state index contributed by atoms with van der Waals surface area (Å²) in [6, 6.07) is 0. The van der Waals surface area contributed by atoms with E-state index < -0.39 is 0 Å². The van der Waals surface area contributed by atoms with Crippen LogP contribution in [0.3, 0.4) is 0 Å². The summed E-state index contributed by atoms with van der Waals surface area (Å²) in [6.45, 7) is 10.6. The molecule has 96 valence electrons. The molecule has 0 bridgehead atoms. The highest BCUT2D eigenvalue weighted by Gasteiger charge is 2.17. The van der Waals surface area contributed by atoms with Crippen molar-refractivity contribution in [3.63, 3.8) is 0 Å². The van der Waals surface area contributed by atoms with Crippen LogP contribution in [0.4, 0.5) is 0 Å². The first-order valence-electron chi connectivity index (χ1n) is 6.72. The minimum Gasteiger partial charge on any atom is -0.380 e. The van der Waals surface area contributed by atoms with Crippen molar-refractivity contribution in [2.75, 3.05) is 39.4 Å². The zero-order valence-electron chi connectivity index (χ0n) is 11.0. The molecule has 1 aliphatic rings. The van der Waals surface area contributed by atoms with Gasteiger partial charge in [0.25, 0.3) is 0 Å². The predicted octanol–water partition coefficient (Wildman–Crippen LogP) is 1.72. The predicted molar refractivity (Wildman–Crippen MR) is 68.5 cm³/mol. The molecule has 0 spiro atoms. The van der Waals surface area contributed by atoms with Gasteiger partial charge in [-0.15, -0.1) is 0 Å². The van der Waals surface area contributed by atoms with Crippen molar-refractivity contribution in [3.05, 3.63) is 0 Å². The van der Waals surface area contributed by atoms with Gasteiger partial charge in [-0.2, -0.15) is 0 Å². The molecule has 3 heteroatoms. The zero-order valence-corrected chi connectivity index (χ0v) is 11.0. The molecule has 0 aromatic carbocycles. The van der Waals surface area contributed by atoms with Gasteiger partial charge in [-0.1, -0.05) is 13.8 Å². The summed E-state index contributed by atoms with van der Waals surface area (Å²) in [5.41, 5.74) is 5.72. The maximum Gasteiger partial charge on any atom is 0.0593 e. The minimum absolute atomic E-state index is 0.712. The summed E-state index contributed by atoms with van der Waals surface area (Å²) in [5.74, 6) is 1.46. The van der Waals surface area contributed by atoms with Gasteiger partial charge in [-0.05, 0) is 44.2 Å². The highest BCUT2D eigenvalue weighted by atomic mass is 16.5. The number of ether oxygens (including phenoxy) is 1. The van der Waals surface area contributed by atoms with Gasteiger partial charge < -0.3 is 15.4 Å². The van der Waals surface area contributed by atoms with E-state index in [1.54, 1.807) is 0 Å². The van der Waals surface area contributed by atoms with Crippen molar-refractivity contribution in [1.29, 1.82) is 0 Å². The Morgan fingerprint density at radius 2 is 2.19 bits per heavy atom. The standard InChI is InChI=1S/C13H28N2O/c1-12(2)5-8-16-9-7-15-6-3-4-13(10-14)11-15/h12-13H,3-11,14H2,1-2H3. The molecule has 0 aliphatic carbocycles. The van der Waals surface area contributed by atoms with Crippen LogP contribution in [0, 0.1) is 11.8 Å². The second-order valence-corrected chi connectivity index (χ2v) is 5.34. The van der Waals surface area contributed by atoms with Crippen molar-refractivity contribution in [1.82, 2.24) is 4.90 Å². The second-order valence-electron chi connectivity index (χ2n) is 5.34. The van der Waals surface area contributed by atoms with Crippen LogP contribution >= 0.6 is 0 Å². The van der Waals surface area contributed by atoms with E-state index in [9.17, 15) is 0 Å². The van der Waals surface area contributed by atoms with Crippen LogP contribution < -0.4 is 5.73 Å². The first-order valence-corrected chi connectivity index (χ1v) is 6.72. The Bertz CT molecular complexity index is 173. The monoisotopic (exact) mass is 228 g/mol. The van der Waals surface area contributed by atoms with Crippen molar-refractivity contribution in [2.45, 2.75) is 33.1 Å². The molecule has 1 heterocycles. The maximum atomic E-state index is 5.72. The molecule has 2 N–H and O–H groups in total. The topological polar surface area (TPSA) is 38.5 Å². The van der Waals surface area contributed by atoms with Crippen LogP contribution in [-0.4, -0.2) is 44.3 Å². The first-order chi connectivity index (χ1) is 7.72. The quantitative estimate of drug-likeness (QED) is 0.674. The van der Waals surface area contributed by atoms with Crippen LogP contribution in [0.15, 0.2) is 0 Å². The van der Waals surface area contributed by atoms with Gasteiger partial charge in [0.05, 0.1) is 6.61 Å². The van der Waals surface area contributed by atoms with E-state index >= 15 is 0 Å². The van der Waals surface area contributed by atoms with E-state index in [4.69, 9.17) is 10.5 Å². The summed E-state index contributed by atoms with van der Waals surface area (Å²) in [6.07, 6.45) is 3.78. The Balaban J connectivity index is 1.99. The number of rotatable bonds is 7. The third-order valence-corrected chi connectivity index (χ3v) is 3.33. The van der Waals surface area contributed by atoms with Gasteiger partial charge in [0, 0.05) is 19.7 Å². The van der Waals surface area contributed by atoms with E-state index in [2.05, 4.69) is 18.7 Å². The van der Waals surface area contributed by atoms with E-state index in [-0.39, 0.29) is 0 Å². The Morgan fingerprint density at radius 1 is 1.38 bits per heavy atom. The van der Waals surface area contributed by atoms with E-state index in [1.807, 2.05) is 0 Å². The fourth-order valence-corrected chi connectivity index (χ4v) is 2.16. The molecule has 0 aromatic rings. The molecule has 0 aromatic heterocycles. The van der Waals surface area contributed by atoms with Gasteiger partial charge in [0.15, 0.2) is 0 Å². The Kier molecular flexibility index (Phi) is 7.01. The summed E-state index contributed by atoms with van der Waals surface area (Å²) in [5, 5.41) is 0. The van der Waals surface area contributed by atoms with Gasteiger partial charge in [-0.3, -0.25) is 0 Å². The van der Waals surface area contributed by atoms with Crippen molar-refractivity contribution in [3.8, 4) is 0 Å². The van der Waals surface area contributed by atoms with Crippen LogP contribution in [0.25, 0.3) is 0 Å². The number of piperidine rings is 1. The fraction of sp³-hybridized carbons (Fsp3) is 1.00. The number of nitrogens with two attached hydrogens (primary N) is 1. The van der Waals surface area contributed by atoms with E-state index in [0.717, 1.165) is 32.2 Å². The molecule has 0 saturated carbocycles. The van der Waals surface area contributed by atoms with Crippen molar-refractivity contribution >= 4 is 0 Å². The zero-order chi connectivity index (χ0) is 11.8. The largest absolute Gasteiger partial charge is 0.380 e. The number of nitrogens with zero attached hydrogens (tertiary/aromatic N) is 1. The Morgan fingerprint density at radius 3 is 2.88 bits per heavy atom. The van der Waals surface area contributed by atoms with Crippen molar-refractivity contribution < 1.29 is 4.74 Å². The van der Waals surface area contributed by atoms with Crippen LogP contribution in [0.2, 0.25) is 0 Å². The molecule has 1 atom stereocenters. The van der Waals surface area contributed by atoms with E-state index in [0.29, 0.717) is 5.92 Å². The smallest absolute Gasteiger partial charge is 0.0593 e. The number of hydrogen-bond acceptors (Lipinski definition) is 3. The molecule has 1 unspecified atom stereocenters. The highest BCUT2D eigenvalue weighted by molar-refractivity contribution is 4.73. The summed E-state index contributed by atoms with van der Waals surface area (Å²) in [4.78, 5) is 2.50. The molecule has 1 saturated heterocycles. The minimum atomic E-state index is 0.712. The van der Waals surface area contributed by atoms with Gasteiger partial charge >= 0.3 is 0 Å². The molecular formula is C13H28N2O. The van der Waals surface area contributed by atoms with Crippen LogP contribution in [0.5, 0.6) is 0 Å². The third kappa shape index (κ3) is 5.83. The molecule has 0 amide bonds. The number of hydrogen-bond donors (Lipinski definition) is 1. The lowest BCUT2D eigenvalue weighted by Gasteiger charge is -2.31. The molecule has 3 nitrogen and oxygen atoms in total. The summed E-state index contributed by atoms with van der Waals surface area (Å²) < 4.78 is 5.64. The van der Waals surface area contributed by atoms with Gasteiger partial charge in [-0.25, -0.2) is 0 Å². The molecule has 1 fully saturated rings. The molecule has 0 radical (unpaired) electrons. The average molecular weight is 228 g/mol. The van der Waals surface area contributed by atoms with Crippen LogP contribution in [0.1, 0.15) is 33.1 Å². The maximum absolute atomic E-state index is 5.72. The molecular weight excluding hydrogens is 200 g/mol.